The van der Waals surface area contributed by atoms with Crippen molar-refractivity contribution >= 4 is 11.9 Å². The van der Waals surface area contributed by atoms with Gasteiger partial charge in [0.05, 0.1) is 44.7 Å². The monoisotopic (exact) mass is 574 g/mol. The van der Waals surface area contributed by atoms with Crippen LogP contribution in [0.3, 0.4) is 0 Å². The van der Waals surface area contributed by atoms with E-state index in [1.165, 1.54) is 7.11 Å². The van der Waals surface area contributed by atoms with E-state index in [4.69, 9.17) is 23.7 Å². The lowest BCUT2D eigenvalue weighted by Crippen LogP contribution is -2.60. The third-order valence-electron chi connectivity index (χ3n) is 8.40. The summed E-state index contributed by atoms with van der Waals surface area (Å²) in [5.41, 5.74) is 0.339. The molecule has 1 saturated heterocycles. The predicted octanol–water partition coefficient (Wildman–Crippen LogP) is -1.03. The second-order valence-electron chi connectivity index (χ2n) is 10.7. The Morgan fingerprint density at radius 3 is 2.45 bits per heavy atom. The lowest BCUT2D eigenvalue weighted by molar-refractivity contribution is -0.327. The van der Waals surface area contributed by atoms with Gasteiger partial charge in [0.25, 0.3) is 0 Å². The van der Waals surface area contributed by atoms with Crippen LogP contribution in [0, 0.1) is 29.6 Å². The van der Waals surface area contributed by atoms with Crippen LogP contribution in [0.1, 0.15) is 33.6 Å². The molecule has 2 fully saturated rings. The average molecular weight is 575 g/mol. The zero-order valence-electron chi connectivity index (χ0n) is 23.2. The molecule has 13 nitrogen and oxygen atoms in total. The van der Waals surface area contributed by atoms with E-state index in [9.17, 15) is 40.2 Å². The molecule has 2 heterocycles. The summed E-state index contributed by atoms with van der Waals surface area (Å²) in [6, 6.07) is 0. The van der Waals surface area contributed by atoms with Crippen molar-refractivity contribution in [2.75, 3.05) is 26.9 Å². The standard InChI is InChI=1S/C27H42O13/c1-5-14-16(7-21(31)37-10-17-13(3)19(30)6-15(17)12(2)8-28)18(25(35)36-4)11-38-26(14)40-27-24(34)23(33)22(32)20(9-29)39-27/h5,11-13,15-17,19-20,22-24,26-30,32-34H,6-10H2,1-4H3/t12-,13+,15-,16-,17-,19-,20+,22+,23-,24+,26-,27-/m0/s1. The van der Waals surface area contributed by atoms with E-state index in [1.54, 1.807) is 13.0 Å². The summed E-state index contributed by atoms with van der Waals surface area (Å²) in [4.78, 5) is 25.6. The minimum Gasteiger partial charge on any atom is -0.468 e. The Morgan fingerprint density at radius 1 is 1.15 bits per heavy atom. The highest BCUT2D eigenvalue weighted by Gasteiger charge is 2.47. The number of allylic oxidation sites excluding steroid dienone is 1. The minimum atomic E-state index is -1.69. The maximum atomic E-state index is 13.1. The first-order valence-corrected chi connectivity index (χ1v) is 13.5. The van der Waals surface area contributed by atoms with Crippen LogP contribution in [0.5, 0.6) is 0 Å². The van der Waals surface area contributed by atoms with E-state index in [-0.39, 0.29) is 48.9 Å². The fourth-order valence-corrected chi connectivity index (χ4v) is 5.75. The second kappa shape index (κ2) is 14.2. The molecule has 13 heteroatoms. The lowest BCUT2D eigenvalue weighted by atomic mass is 9.83. The van der Waals surface area contributed by atoms with Crippen molar-refractivity contribution < 1.29 is 63.9 Å². The summed E-state index contributed by atoms with van der Waals surface area (Å²) < 4.78 is 27.2. The highest BCUT2D eigenvalue weighted by atomic mass is 16.8. The van der Waals surface area contributed by atoms with E-state index in [2.05, 4.69) is 0 Å². The third-order valence-corrected chi connectivity index (χ3v) is 8.40. The Hall–Kier alpha value is -2.10. The molecular formula is C27H42O13. The number of methoxy groups -OCH3 is 1. The molecule has 0 radical (unpaired) electrons. The maximum absolute atomic E-state index is 13.1. The number of hydrogen-bond donors (Lipinski definition) is 6. The summed E-state index contributed by atoms with van der Waals surface area (Å²) in [6.07, 6.45) is -6.64. The molecule has 0 aromatic carbocycles. The predicted molar refractivity (Wildman–Crippen MR) is 136 cm³/mol. The first kappa shape index (κ1) is 32.4. The largest absolute Gasteiger partial charge is 0.468 e. The Bertz CT molecular complexity index is 933. The summed E-state index contributed by atoms with van der Waals surface area (Å²) in [7, 11) is 1.18. The van der Waals surface area contributed by atoms with E-state index >= 15 is 0 Å². The van der Waals surface area contributed by atoms with E-state index in [1.807, 2.05) is 13.8 Å². The van der Waals surface area contributed by atoms with E-state index < -0.39 is 67.6 Å². The van der Waals surface area contributed by atoms with Gasteiger partial charge in [0.15, 0.2) is 6.29 Å². The molecule has 1 saturated carbocycles. The molecule has 6 N–H and O–H groups in total. The zero-order chi connectivity index (χ0) is 29.7. The zero-order valence-corrected chi connectivity index (χ0v) is 23.2. The van der Waals surface area contributed by atoms with Gasteiger partial charge in [-0.25, -0.2) is 4.79 Å². The smallest absolute Gasteiger partial charge is 0.337 e. The van der Waals surface area contributed by atoms with Gasteiger partial charge in [-0.2, -0.15) is 0 Å². The average Bonchev–Trinajstić information content (AvgIpc) is 3.24. The van der Waals surface area contributed by atoms with Gasteiger partial charge in [-0.15, -0.1) is 0 Å². The van der Waals surface area contributed by atoms with Crippen LogP contribution < -0.4 is 0 Å². The molecule has 0 amide bonds. The fraction of sp³-hybridized carbons (Fsp3) is 0.778. The molecule has 3 rings (SSSR count). The van der Waals surface area contributed by atoms with Crippen LogP contribution >= 0.6 is 0 Å². The van der Waals surface area contributed by atoms with Gasteiger partial charge < -0.3 is 54.3 Å². The van der Waals surface area contributed by atoms with Crippen LogP contribution in [0.15, 0.2) is 23.5 Å². The van der Waals surface area contributed by atoms with Gasteiger partial charge in [-0.1, -0.05) is 19.9 Å². The second-order valence-corrected chi connectivity index (χ2v) is 10.7. The number of esters is 2. The molecule has 228 valence electrons. The summed E-state index contributed by atoms with van der Waals surface area (Å²) in [5.74, 6) is -2.67. The molecule has 0 bridgehead atoms. The first-order chi connectivity index (χ1) is 19.0. The number of aliphatic hydroxyl groups excluding tert-OH is 6. The molecule has 40 heavy (non-hydrogen) atoms. The Balaban J connectivity index is 1.75. The molecule has 0 unspecified atom stereocenters. The maximum Gasteiger partial charge on any atom is 0.337 e. The van der Waals surface area contributed by atoms with Crippen LogP contribution in [-0.2, 0) is 33.3 Å². The van der Waals surface area contributed by atoms with Crippen molar-refractivity contribution in [3.8, 4) is 0 Å². The fourth-order valence-electron chi connectivity index (χ4n) is 5.75. The number of carbonyl (C=O) groups excluding carboxylic acids is 2. The van der Waals surface area contributed by atoms with E-state index in [0.717, 1.165) is 6.26 Å². The van der Waals surface area contributed by atoms with Crippen LogP contribution in [0.2, 0.25) is 0 Å². The summed E-state index contributed by atoms with van der Waals surface area (Å²) in [6.45, 7) is 4.72. The van der Waals surface area contributed by atoms with Gasteiger partial charge in [-0.05, 0) is 31.1 Å². The molecule has 12 atom stereocenters. The third kappa shape index (κ3) is 6.85. The number of carbonyl (C=O) groups is 2. The highest BCUT2D eigenvalue weighted by Crippen LogP contribution is 2.42. The van der Waals surface area contributed by atoms with E-state index in [0.29, 0.717) is 12.0 Å². The van der Waals surface area contributed by atoms with Crippen LogP contribution in [0.4, 0.5) is 0 Å². The summed E-state index contributed by atoms with van der Waals surface area (Å²) >= 11 is 0. The number of aliphatic hydroxyl groups is 6. The molecule has 3 aliphatic rings. The van der Waals surface area contributed by atoms with Gasteiger partial charge in [0, 0.05) is 24.0 Å². The Morgan fingerprint density at radius 2 is 1.85 bits per heavy atom. The van der Waals surface area contributed by atoms with Gasteiger partial charge in [-0.3, -0.25) is 4.79 Å². The molecule has 0 spiro atoms. The normalized spacial score (nSPS) is 39.8. The van der Waals surface area contributed by atoms with Gasteiger partial charge in [0.2, 0.25) is 6.29 Å². The Labute approximate surface area is 232 Å². The molecule has 0 aromatic rings. The molecule has 2 aliphatic heterocycles. The number of hydrogen-bond acceptors (Lipinski definition) is 13. The molecule has 0 aromatic heterocycles. The minimum absolute atomic E-state index is 0.0256. The topological polar surface area (TPSA) is 202 Å². The number of ether oxygens (including phenoxy) is 5. The molecular weight excluding hydrogens is 532 g/mol. The SMILES string of the molecule is CC=C1[C@H](O[C@@H]2O[C@H](CO)[C@@H](O)[C@H](O)[C@H]2O)OC=C(C(=O)OC)[C@H]1CC(=O)OC[C@H]1[C@@H](C)[C@@H](O)C[C@H]1[C@@H](C)CO. The number of rotatable bonds is 10. The quantitative estimate of drug-likeness (QED) is 0.137. The summed E-state index contributed by atoms with van der Waals surface area (Å²) in [5, 5.41) is 59.9. The van der Waals surface area contributed by atoms with Crippen molar-refractivity contribution in [2.45, 2.75) is 76.7 Å². The van der Waals surface area contributed by atoms with Crippen molar-refractivity contribution in [1.82, 2.24) is 0 Å². The molecule has 1 aliphatic carbocycles. The first-order valence-electron chi connectivity index (χ1n) is 13.5. The van der Waals surface area contributed by atoms with Gasteiger partial charge in [0.1, 0.15) is 24.4 Å². The van der Waals surface area contributed by atoms with Crippen molar-refractivity contribution in [3.63, 3.8) is 0 Å². The van der Waals surface area contributed by atoms with Crippen LogP contribution in [-0.4, -0.2) is 113 Å². The Kier molecular flexibility index (Phi) is 11.5. The highest BCUT2D eigenvalue weighted by molar-refractivity contribution is 5.90. The lowest BCUT2D eigenvalue weighted by Gasteiger charge is -2.41. The van der Waals surface area contributed by atoms with Crippen molar-refractivity contribution in [3.05, 3.63) is 23.5 Å². The van der Waals surface area contributed by atoms with Crippen LogP contribution in [0.25, 0.3) is 0 Å². The van der Waals surface area contributed by atoms with Gasteiger partial charge >= 0.3 is 11.9 Å². The van der Waals surface area contributed by atoms with Crippen molar-refractivity contribution in [1.29, 1.82) is 0 Å². The van der Waals surface area contributed by atoms with Crippen molar-refractivity contribution in [2.24, 2.45) is 29.6 Å².